The van der Waals surface area contributed by atoms with Crippen LogP contribution in [0.25, 0.3) is 0 Å². The second kappa shape index (κ2) is 7.44. The maximum atomic E-state index is 13.0. The number of benzene rings is 1. The summed E-state index contributed by atoms with van der Waals surface area (Å²) in [6.45, 7) is 0. The molecule has 1 aliphatic heterocycles. The van der Waals surface area contributed by atoms with E-state index in [9.17, 15) is 27.9 Å². The molecule has 1 aliphatic rings. The quantitative estimate of drug-likeness (QED) is 0.493. The summed E-state index contributed by atoms with van der Waals surface area (Å²) < 4.78 is 39.0. The number of hydrogen-bond acceptors (Lipinski definition) is 6. The van der Waals surface area contributed by atoms with Gasteiger partial charge in [0.25, 0.3) is 0 Å². The molecular weight excluding hydrogens is 431 g/mol. The van der Waals surface area contributed by atoms with Crippen LogP contribution in [0.3, 0.4) is 0 Å². The molecule has 0 radical (unpaired) electrons. The highest BCUT2D eigenvalue weighted by Gasteiger charge is 2.35. The van der Waals surface area contributed by atoms with Gasteiger partial charge in [0.1, 0.15) is 11.0 Å². The minimum absolute atomic E-state index is 0.0414. The molecule has 0 spiro atoms. The van der Waals surface area contributed by atoms with Crippen molar-refractivity contribution in [1.82, 2.24) is 5.32 Å². The second-order valence-electron chi connectivity index (χ2n) is 4.70. The smallest absolute Gasteiger partial charge is 0.417 e. The number of phenols is 1. The summed E-state index contributed by atoms with van der Waals surface area (Å²) in [5.41, 5.74) is -1.70. The van der Waals surface area contributed by atoms with Crippen molar-refractivity contribution in [2.45, 2.75) is 17.8 Å². The van der Waals surface area contributed by atoms with Crippen molar-refractivity contribution in [3.63, 3.8) is 0 Å². The Morgan fingerprint density at radius 3 is 2.72 bits per heavy atom. The first-order valence-corrected chi connectivity index (χ1v) is 8.16. The molecule has 0 saturated carbocycles. The Kier molecular flexibility index (Phi) is 5.72. The first kappa shape index (κ1) is 19.2. The average Bonchev–Trinajstić information content (AvgIpc) is 2.81. The highest BCUT2D eigenvalue weighted by atomic mass is 79.9. The molecule has 1 amide bonds. The summed E-state index contributed by atoms with van der Waals surface area (Å²) in [7, 11) is 0. The fourth-order valence-electron chi connectivity index (χ4n) is 1.84. The molecule has 1 fully saturated rings. The van der Waals surface area contributed by atoms with Crippen LogP contribution in [0.2, 0.25) is 0 Å². The van der Waals surface area contributed by atoms with Gasteiger partial charge < -0.3 is 15.5 Å². The number of nitrogens with zero attached hydrogens (tertiary/aromatic N) is 2. The summed E-state index contributed by atoms with van der Waals surface area (Å²) in [5.74, 6) is -2.42. The fraction of sp³-hybridized carbons (Fsp3) is 0.231. The van der Waals surface area contributed by atoms with Crippen LogP contribution < -0.4 is 5.32 Å². The van der Waals surface area contributed by atoms with Gasteiger partial charge in [-0.05, 0) is 28.1 Å². The third-order valence-electron chi connectivity index (χ3n) is 2.95. The molecular formula is C13H9BrF3N3O4S. The monoisotopic (exact) mass is 439 g/mol. The molecule has 3 N–H and O–H groups in total. The fourth-order valence-corrected chi connectivity index (χ4v) is 3.10. The number of thioether (sulfide) groups is 1. The maximum absolute atomic E-state index is 13.0. The van der Waals surface area contributed by atoms with Crippen molar-refractivity contribution in [2.24, 2.45) is 10.2 Å². The lowest BCUT2D eigenvalue weighted by Crippen LogP contribution is -2.26. The SMILES string of the molecule is O=C(O)CC1SC(=NN=Cc2c(C(F)(F)F)ccc(Br)c2O)NC1=O. The zero-order chi connectivity index (χ0) is 18.8. The van der Waals surface area contributed by atoms with Crippen molar-refractivity contribution >= 4 is 51.0 Å². The van der Waals surface area contributed by atoms with E-state index < -0.39 is 46.6 Å². The van der Waals surface area contributed by atoms with E-state index in [-0.39, 0.29) is 9.64 Å². The Bertz CT molecular complexity index is 783. The molecule has 12 heteroatoms. The first-order valence-electron chi connectivity index (χ1n) is 6.48. The van der Waals surface area contributed by atoms with Crippen LogP contribution in [0.15, 0.2) is 26.8 Å². The molecule has 1 heterocycles. The van der Waals surface area contributed by atoms with Crippen LogP contribution in [0.4, 0.5) is 13.2 Å². The molecule has 0 bridgehead atoms. The van der Waals surface area contributed by atoms with Gasteiger partial charge in [0.05, 0.1) is 22.7 Å². The predicted octanol–water partition coefficient (Wildman–Crippen LogP) is 2.57. The highest BCUT2D eigenvalue weighted by molar-refractivity contribution is 9.10. The normalized spacial score (nSPS) is 19.6. The molecule has 1 unspecified atom stereocenters. The number of carboxylic acids is 1. The van der Waals surface area contributed by atoms with Crippen LogP contribution in [-0.4, -0.2) is 38.7 Å². The molecule has 2 rings (SSSR count). The lowest BCUT2D eigenvalue weighted by Gasteiger charge is -2.11. The van der Waals surface area contributed by atoms with Gasteiger partial charge in [-0.1, -0.05) is 11.8 Å². The topological polar surface area (TPSA) is 111 Å². The number of hydrogen-bond donors (Lipinski definition) is 3. The lowest BCUT2D eigenvalue weighted by molar-refractivity contribution is -0.138. The zero-order valence-electron chi connectivity index (χ0n) is 12.0. The molecule has 1 saturated heterocycles. The van der Waals surface area contributed by atoms with Crippen molar-refractivity contribution in [1.29, 1.82) is 0 Å². The minimum atomic E-state index is -4.71. The number of aromatic hydroxyl groups is 1. The molecule has 7 nitrogen and oxygen atoms in total. The predicted molar refractivity (Wildman–Crippen MR) is 87.6 cm³/mol. The van der Waals surface area contributed by atoms with E-state index >= 15 is 0 Å². The van der Waals surface area contributed by atoms with E-state index in [2.05, 4.69) is 31.4 Å². The number of carbonyl (C=O) groups excluding carboxylic acids is 1. The summed E-state index contributed by atoms with van der Waals surface area (Å²) in [5, 5.41) is 26.8. The molecule has 0 aromatic heterocycles. The maximum Gasteiger partial charge on any atom is 0.417 e. The van der Waals surface area contributed by atoms with Crippen LogP contribution in [0.1, 0.15) is 17.5 Å². The van der Waals surface area contributed by atoms with Gasteiger partial charge in [-0.3, -0.25) is 9.59 Å². The van der Waals surface area contributed by atoms with E-state index in [1.807, 2.05) is 0 Å². The molecule has 1 aromatic carbocycles. The number of nitrogens with one attached hydrogen (secondary N) is 1. The Hall–Kier alpha value is -2.08. The van der Waals surface area contributed by atoms with Gasteiger partial charge in [0, 0.05) is 5.56 Å². The third kappa shape index (κ3) is 4.72. The minimum Gasteiger partial charge on any atom is -0.506 e. The number of rotatable bonds is 4. The second-order valence-corrected chi connectivity index (χ2v) is 6.74. The van der Waals surface area contributed by atoms with Crippen LogP contribution in [0, 0.1) is 0 Å². The number of carbonyl (C=O) groups is 2. The van der Waals surface area contributed by atoms with Crippen molar-refractivity contribution in [3.8, 4) is 5.75 Å². The highest BCUT2D eigenvalue weighted by Crippen LogP contribution is 2.38. The molecule has 25 heavy (non-hydrogen) atoms. The van der Waals surface area contributed by atoms with Gasteiger partial charge in [-0.25, -0.2) is 0 Å². The number of aliphatic carboxylic acids is 1. The van der Waals surface area contributed by atoms with E-state index in [0.29, 0.717) is 6.21 Å². The molecule has 1 aromatic rings. The summed E-state index contributed by atoms with van der Waals surface area (Å²) in [4.78, 5) is 22.1. The van der Waals surface area contributed by atoms with Gasteiger partial charge in [0.15, 0.2) is 5.17 Å². The number of amides is 1. The average molecular weight is 440 g/mol. The first-order chi connectivity index (χ1) is 11.6. The van der Waals surface area contributed by atoms with Crippen LogP contribution in [-0.2, 0) is 15.8 Å². The van der Waals surface area contributed by atoms with E-state index in [1.165, 1.54) is 0 Å². The van der Waals surface area contributed by atoms with Gasteiger partial charge in [0.2, 0.25) is 5.91 Å². The summed E-state index contributed by atoms with van der Waals surface area (Å²) in [6, 6.07) is 1.82. The molecule has 0 aliphatic carbocycles. The number of carboxylic acid groups (broad SMARTS) is 1. The van der Waals surface area contributed by atoms with Crippen LogP contribution in [0.5, 0.6) is 5.75 Å². The Morgan fingerprint density at radius 2 is 2.12 bits per heavy atom. The van der Waals surface area contributed by atoms with Crippen LogP contribution >= 0.6 is 27.7 Å². The molecule has 134 valence electrons. The van der Waals surface area contributed by atoms with E-state index in [4.69, 9.17) is 5.11 Å². The lowest BCUT2D eigenvalue weighted by atomic mass is 10.1. The number of alkyl halides is 3. The van der Waals surface area contributed by atoms with E-state index in [0.717, 1.165) is 23.9 Å². The third-order valence-corrected chi connectivity index (χ3v) is 4.66. The number of halogens is 4. The van der Waals surface area contributed by atoms with Gasteiger partial charge >= 0.3 is 12.1 Å². The Labute approximate surface area is 151 Å². The summed E-state index contributed by atoms with van der Waals surface area (Å²) >= 11 is 3.71. The zero-order valence-corrected chi connectivity index (χ0v) is 14.4. The van der Waals surface area contributed by atoms with Gasteiger partial charge in [-0.15, -0.1) is 5.10 Å². The van der Waals surface area contributed by atoms with Crippen molar-refractivity contribution in [3.05, 3.63) is 27.7 Å². The number of amidine groups is 1. The largest absolute Gasteiger partial charge is 0.506 e. The Balaban J connectivity index is 2.25. The van der Waals surface area contributed by atoms with Gasteiger partial charge in [-0.2, -0.15) is 18.3 Å². The molecule has 1 atom stereocenters. The van der Waals surface area contributed by atoms with Crippen molar-refractivity contribution < 1.29 is 33.0 Å². The Morgan fingerprint density at radius 1 is 1.44 bits per heavy atom. The summed E-state index contributed by atoms with van der Waals surface area (Å²) in [6.07, 6.45) is -4.44. The van der Waals surface area contributed by atoms with E-state index in [1.54, 1.807) is 0 Å². The van der Waals surface area contributed by atoms with Crippen molar-refractivity contribution in [2.75, 3.05) is 0 Å². The standard InChI is InChI=1S/C13H9BrF3N3O4S/c14-7-2-1-6(13(15,16)17)5(10(7)23)4-18-20-12-19-11(24)8(25-12)3-9(21)22/h1-2,4,8,23H,3H2,(H,21,22)(H,19,20,24). The number of phenolic OH excluding ortho intramolecular Hbond substituents is 1.